The summed E-state index contributed by atoms with van der Waals surface area (Å²) in [6.07, 6.45) is 2.92. The predicted octanol–water partition coefficient (Wildman–Crippen LogP) is 2.50. The molecule has 2 aromatic heterocycles. The van der Waals surface area contributed by atoms with Crippen LogP contribution in [0, 0.1) is 23.7 Å². The average Bonchev–Trinajstić information content (AvgIpc) is 3.17. The number of aromatic nitrogens is 2. The molecule has 4 N–H and O–H groups in total. The maximum atomic E-state index is 12.4. The van der Waals surface area contributed by atoms with E-state index in [1.807, 2.05) is 6.07 Å². The summed E-state index contributed by atoms with van der Waals surface area (Å²) in [6, 6.07) is 9.86. The van der Waals surface area contributed by atoms with Crippen LogP contribution in [0.1, 0.15) is 32.9 Å². The smallest absolute Gasteiger partial charge is 0.276 e. The Morgan fingerprint density at radius 2 is 2.12 bits per heavy atom. The number of carbonyl (C=O) groups is 1. The fourth-order valence-electron chi connectivity index (χ4n) is 2.37. The van der Waals surface area contributed by atoms with E-state index in [0.717, 1.165) is 0 Å². The topological polar surface area (TPSA) is 142 Å². The number of aryl methyl sites for hydroxylation is 1. The minimum absolute atomic E-state index is 0.118. The van der Waals surface area contributed by atoms with E-state index in [4.69, 9.17) is 20.8 Å². The van der Waals surface area contributed by atoms with E-state index < -0.39 is 5.91 Å². The number of nitrogen functional groups attached to an aromatic ring is 1. The Bertz CT molecular complexity index is 1030. The van der Waals surface area contributed by atoms with Crippen LogP contribution in [0.3, 0.4) is 0 Å². The highest BCUT2D eigenvalue weighted by Gasteiger charge is 2.15. The first-order valence-electron chi connectivity index (χ1n) is 7.56. The predicted molar refractivity (Wildman–Crippen MR) is 94.9 cm³/mol. The largest absolute Gasteiger partial charge is 0.472 e. The van der Waals surface area contributed by atoms with Crippen LogP contribution in [0.4, 0.5) is 11.4 Å². The van der Waals surface area contributed by atoms with Gasteiger partial charge in [-0.3, -0.25) is 10.2 Å². The van der Waals surface area contributed by atoms with Crippen molar-refractivity contribution in [3.63, 3.8) is 0 Å². The molecule has 1 aromatic carbocycles. The monoisotopic (exact) mass is 346 g/mol. The van der Waals surface area contributed by atoms with Crippen molar-refractivity contribution in [2.75, 3.05) is 11.1 Å². The van der Waals surface area contributed by atoms with Crippen molar-refractivity contribution in [2.45, 2.75) is 6.92 Å². The minimum Gasteiger partial charge on any atom is -0.472 e. The summed E-state index contributed by atoms with van der Waals surface area (Å²) in [5, 5.41) is 27.2. The van der Waals surface area contributed by atoms with E-state index in [1.165, 1.54) is 18.6 Å². The Morgan fingerprint density at radius 3 is 2.77 bits per heavy atom. The van der Waals surface area contributed by atoms with Crippen molar-refractivity contribution >= 4 is 23.0 Å². The van der Waals surface area contributed by atoms with Gasteiger partial charge in [-0.2, -0.15) is 5.26 Å². The number of benzene rings is 1. The minimum atomic E-state index is -0.468. The van der Waals surface area contributed by atoms with Gasteiger partial charge in [0.05, 0.1) is 18.2 Å². The van der Waals surface area contributed by atoms with Crippen LogP contribution in [0.2, 0.25) is 0 Å². The second-order valence-electron chi connectivity index (χ2n) is 5.52. The number of hydrogen-bond acceptors (Lipinski definition) is 7. The van der Waals surface area contributed by atoms with Crippen molar-refractivity contribution in [3.05, 3.63) is 70.9 Å². The lowest BCUT2D eigenvalue weighted by Gasteiger charge is -2.11. The molecule has 0 radical (unpaired) electrons. The number of nitrogens with zero attached hydrogens (tertiary/aromatic N) is 3. The van der Waals surface area contributed by atoms with E-state index >= 15 is 0 Å². The summed E-state index contributed by atoms with van der Waals surface area (Å²) in [6.45, 7) is 1.67. The van der Waals surface area contributed by atoms with Crippen LogP contribution in [0.15, 0.2) is 47.3 Å². The van der Waals surface area contributed by atoms with Crippen LogP contribution in [0.25, 0.3) is 0 Å². The molecule has 0 bridgehead atoms. The molecule has 0 unspecified atom stereocenters. The molecular weight excluding hydrogens is 332 g/mol. The van der Waals surface area contributed by atoms with Gasteiger partial charge in [0.2, 0.25) is 0 Å². The zero-order valence-corrected chi connectivity index (χ0v) is 13.8. The van der Waals surface area contributed by atoms with Gasteiger partial charge in [-0.1, -0.05) is 0 Å². The van der Waals surface area contributed by atoms with Crippen molar-refractivity contribution in [1.82, 2.24) is 10.2 Å². The van der Waals surface area contributed by atoms with Crippen LogP contribution in [-0.4, -0.2) is 21.8 Å². The molecule has 0 atom stereocenters. The van der Waals surface area contributed by atoms with E-state index in [9.17, 15) is 4.79 Å². The van der Waals surface area contributed by atoms with Gasteiger partial charge in [-0.15, -0.1) is 10.2 Å². The number of hydrogen-bond donors (Lipinski definition) is 3. The average molecular weight is 346 g/mol. The van der Waals surface area contributed by atoms with Crippen LogP contribution in [0.5, 0.6) is 0 Å². The molecule has 3 aromatic rings. The lowest BCUT2D eigenvalue weighted by molar-refractivity contribution is 0.102. The fraction of sp³-hybridized carbons (Fsp3) is 0.0556. The Hall–Kier alpha value is -3.99. The third-order valence-corrected chi connectivity index (χ3v) is 3.70. The van der Waals surface area contributed by atoms with E-state index in [1.54, 1.807) is 31.2 Å². The summed E-state index contributed by atoms with van der Waals surface area (Å²) in [7, 11) is 0. The summed E-state index contributed by atoms with van der Waals surface area (Å²) >= 11 is 0. The molecule has 8 nitrogen and oxygen atoms in total. The molecule has 0 saturated carbocycles. The molecule has 0 fully saturated rings. The van der Waals surface area contributed by atoms with E-state index in [2.05, 4.69) is 15.5 Å². The normalized spacial score (nSPS) is 10.2. The molecule has 0 aliphatic carbocycles. The number of nitrogens with two attached hydrogens (primary N) is 1. The lowest BCUT2D eigenvalue weighted by Crippen LogP contribution is -2.17. The van der Waals surface area contributed by atoms with Crippen LogP contribution in [-0.2, 0) is 0 Å². The Morgan fingerprint density at radius 1 is 1.31 bits per heavy atom. The molecule has 1 amide bonds. The number of amides is 1. The molecule has 0 spiro atoms. The van der Waals surface area contributed by atoms with Gasteiger partial charge in [0.25, 0.3) is 5.91 Å². The van der Waals surface area contributed by atoms with Gasteiger partial charge in [0.1, 0.15) is 6.07 Å². The van der Waals surface area contributed by atoms with Gasteiger partial charge in [0, 0.05) is 22.5 Å². The van der Waals surface area contributed by atoms with Gasteiger partial charge in [-0.05, 0) is 42.8 Å². The highest BCUT2D eigenvalue weighted by molar-refractivity contribution is 6.14. The van der Waals surface area contributed by atoms with Crippen molar-refractivity contribution in [3.8, 4) is 6.07 Å². The number of rotatable bonds is 4. The van der Waals surface area contributed by atoms with Crippen molar-refractivity contribution < 1.29 is 9.21 Å². The number of carbonyl (C=O) groups excluding carboxylic acids is 1. The number of nitriles is 1. The highest BCUT2D eigenvalue weighted by atomic mass is 16.3. The molecule has 0 aliphatic heterocycles. The van der Waals surface area contributed by atoms with E-state index in [-0.39, 0.29) is 17.1 Å². The third-order valence-electron chi connectivity index (χ3n) is 3.70. The molecule has 3 rings (SSSR count). The highest BCUT2D eigenvalue weighted by Crippen LogP contribution is 2.22. The summed E-state index contributed by atoms with van der Waals surface area (Å²) in [5.41, 5.74) is 8.84. The molecule has 26 heavy (non-hydrogen) atoms. The number of furan rings is 1. The molecule has 0 saturated heterocycles. The fourth-order valence-corrected chi connectivity index (χ4v) is 2.37. The number of anilines is 2. The van der Waals surface area contributed by atoms with Crippen LogP contribution < -0.4 is 11.1 Å². The quantitative estimate of drug-likeness (QED) is 0.489. The number of nitrogens with one attached hydrogen (secondary N) is 2. The Kier molecular flexibility index (Phi) is 4.45. The Labute approximate surface area is 148 Å². The molecular formula is C18H14N6O2. The molecule has 128 valence electrons. The Balaban J connectivity index is 1.87. The van der Waals surface area contributed by atoms with E-state index in [0.29, 0.717) is 28.1 Å². The van der Waals surface area contributed by atoms with Gasteiger partial charge in [-0.25, -0.2) is 0 Å². The third kappa shape index (κ3) is 3.27. The zero-order chi connectivity index (χ0) is 18.7. The van der Waals surface area contributed by atoms with Gasteiger partial charge >= 0.3 is 0 Å². The van der Waals surface area contributed by atoms with Gasteiger partial charge in [0.15, 0.2) is 11.4 Å². The van der Waals surface area contributed by atoms with Crippen molar-refractivity contribution in [2.24, 2.45) is 0 Å². The second-order valence-corrected chi connectivity index (χ2v) is 5.52. The second kappa shape index (κ2) is 6.86. The van der Waals surface area contributed by atoms with Crippen molar-refractivity contribution in [1.29, 1.82) is 10.7 Å². The standard InChI is InChI=1S/C18H14N6O2/c1-10-6-13(8-19)23-24-17(10)18(25)22-12-2-3-15(20)14(7-12)16(21)11-4-5-26-9-11/h2-7,9,21H,20H2,1H3,(H,22,25). The maximum absolute atomic E-state index is 12.4. The first-order chi connectivity index (χ1) is 12.5. The summed E-state index contributed by atoms with van der Waals surface area (Å²) in [4.78, 5) is 12.4. The first-order valence-corrected chi connectivity index (χ1v) is 7.56. The summed E-state index contributed by atoms with van der Waals surface area (Å²) in [5.74, 6) is -0.468. The zero-order valence-electron chi connectivity index (χ0n) is 13.8. The first kappa shape index (κ1) is 16.9. The molecule has 0 aliphatic rings. The van der Waals surface area contributed by atoms with Crippen LogP contribution >= 0.6 is 0 Å². The molecule has 8 heteroatoms. The maximum Gasteiger partial charge on any atom is 0.276 e. The SMILES string of the molecule is Cc1cc(C#N)nnc1C(=O)Nc1ccc(N)c(C(=N)c2ccoc2)c1. The lowest BCUT2D eigenvalue weighted by atomic mass is 10.0. The van der Waals surface area contributed by atoms with Gasteiger partial charge < -0.3 is 15.5 Å². The molecule has 2 heterocycles. The summed E-state index contributed by atoms with van der Waals surface area (Å²) < 4.78 is 4.99.